The van der Waals surface area contributed by atoms with Crippen LogP contribution in [0.15, 0.2) is 30.6 Å². The van der Waals surface area contributed by atoms with E-state index in [0.29, 0.717) is 5.75 Å². The van der Waals surface area contributed by atoms with Crippen molar-refractivity contribution >= 4 is 22.5 Å². The second kappa shape index (κ2) is 5.06. The number of ether oxygens (including phenoxy) is 1. The summed E-state index contributed by atoms with van der Waals surface area (Å²) in [6.45, 7) is 3.81. The van der Waals surface area contributed by atoms with E-state index in [-0.39, 0.29) is 5.91 Å². The van der Waals surface area contributed by atoms with E-state index in [1.54, 1.807) is 29.7 Å². The Morgan fingerprint density at radius 1 is 1.21 bits per heavy atom. The molecule has 0 radical (unpaired) electrons. The van der Waals surface area contributed by atoms with Gasteiger partial charge in [-0.1, -0.05) is 0 Å². The highest BCUT2D eigenvalue weighted by molar-refractivity contribution is 6.02. The molecule has 2 aromatic heterocycles. The van der Waals surface area contributed by atoms with Gasteiger partial charge >= 0.3 is 0 Å². The van der Waals surface area contributed by atoms with Crippen LogP contribution in [0.2, 0.25) is 0 Å². The third-order valence-corrected chi connectivity index (χ3v) is 4.44. The monoisotopic (exact) mass is 322 g/mol. The summed E-state index contributed by atoms with van der Waals surface area (Å²) in [5, 5.41) is 5.22. The van der Waals surface area contributed by atoms with Crippen molar-refractivity contribution in [2.75, 3.05) is 11.9 Å². The lowest BCUT2D eigenvalue weighted by molar-refractivity contribution is -0.125. The van der Waals surface area contributed by atoms with Gasteiger partial charge in [0.25, 0.3) is 5.91 Å². The van der Waals surface area contributed by atoms with Crippen LogP contribution in [-0.4, -0.2) is 33.8 Å². The van der Waals surface area contributed by atoms with Crippen LogP contribution in [0.5, 0.6) is 5.75 Å². The van der Waals surface area contributed by atoms with Gasteiger partial charge in [0.15, 0.2) is 6.10 Å². The Morgan fingerprint density at radius 2 is 2.00 bits per heavy atom. The highest BCUT2D eigenvalue weighted by atomic mass is 16.5. The molecule has 1 aliphatic rings. The topological polar surface area (TPSA) is 60.2 Å². The molecule has 6 heteroatoms. The zero-order valence-electron chi connectivity index (χ0n) is 14.1. The van der Waals surface area contributed by atoms with Gasteiger partial charge in [0.2, 0.25) is 0 Å². The Balaban J connectivity index is 1.92. The minimum atomic E-state index is -0.484. The van der Waals surface area contributed by atoms with Crippen molar-refractivity contribution in [3.8, 4) is 17.0 Å². The third kappa shape index (κ3) is 2.14. The van der Waals surface area contributed by atoms with Crippen LogP contribution in [0.3, 0.4) is 0 Å². The number of aryl methyl sites for hydroxylation is 2. The molecule has 4 rings (SSSR count). The van der Waals surface area contributed by atoms with E-state index in [4.69, 9.17) is 9.72 Å². The molecule has 0 aliphatic carbocycles. The number of pyridine rings is 1. The minimum absolute atomic E-state index is 0.0422. The minimum Gasteiger partial charge on any atom is -0.479 e. The van der Waals surface area contributed by atoms with Crippen molar-refractivity contribution in [1.82, 2.24) is 14.8 Å². The van der Waals surface area contributed by atoms with Gasteiger partial charge in [0.1, 0.15) is 5.75 Å². The molecule has 3 aromatic rings. The zero-order chi connectivity index (χ0) is 17.0. The van der Waals surface area contributed by atoms with Gasteiger partial charge in [0.05, 0.1) is 23.1 Å². The summed E-state index contributed by atoms with van der Waals surface area (Å²) >= 11 is 0. The van der Waals surface area contributed by atoms with Gasteiger partial charge in [-0.25, -0.2) is 4.98 Å². The van der Waals surface area contributed by atoms with E-state index < -0.39 is 6.10 Å². The van der Waals surface area contributed by atoms with Crippen molar-refractivity contribution in [3.05, 3.63) is 36.2 Å². The number of carbonyl (C=O) groups excluding carboxylic acids is 1. The van der Waals surface area contributed by atoms with Crippen molar-refractivity contribution in [2.24, 2.45) is 7.05 Å². The van der Waals surface area contributed by atoms with Gasteiger partial charge in [0, 0.05) is 37.3 Å². The van der Waals surface area contributed by atoms with E-state index in [0.717, 1.165) is 33.4 Å². The molecule has 122 valence electrons. The van der Waals surface area contributed by atoms with Crippen molar-refractivity contribution in [1.29, 1.82) is 0 Å². The lowest BCUT2D eigenvalue weighted by Crippen LogP contribution is -2.41. The second-order valence-corrected chi connectivity index (χ2v) is 6.22. The maximum atomic E-state index is 12.1. The molecule has 24 heavy (non-hydrogen) atoms. The molecule has 0 spiro atoms. The smallest absolute Gasteiger partial charge is 0.267 e. The molecule has 6 nitrogen and oxygen atoms in total. The number of amides is 1. The summed E-state index contributed by atoms with van der Waals surface area (Å²) in [5.74, 6) is 0.645. The molecule has 1 aliphatic heterocycles. The van der Waals surface area contributed by atoms with Gasteiger partial charge in [-0.3, -0.25) is 9.48 Å². The lowest BCUT2D eigenvalue weighted by Gasteiger charge is -2.30. The number of fused-ring (bicyclic) bond motifs is 2. The highest BCUT2D eigenvalue weighted by Crippen LogP contribution is 2.38. The fourth-order valence-corrected chi connectivity index (χ4v) is 3.10. The van der Waals surface area contributed by atoms with Gasteiger partial charge in [-0.15, -0.1) is 0 Å². The van der Waals surface area contributed by atoms with Crippen LogP contribution in [0.25, 0.3) is 22.2 Å². The first kappa shape index (κ1) is 14.7. The van der Waals surface area contributed by atoms with Crippen LogP contribution in [0, 0.1) is 6.92 Å². The maximum absolute atomic E-state index is 12.1. The van der Waals surface area contributed by atoms with E-state index in [1.165, 1.54) is 0 Å². The number of aromatic nitrogens is 3. The molecule has 0 saturated heterocycles. The van der Waals surface area contributed by atoms with E-state index in [9.17, 15) is 4.79 Å². The van der Waals surface area contributed by atoms with Gasteiger partial charge in [-0.2, -0.15) is 5.10 Å². The molecule has 1 aromatic carbocycles. The molecular formula is C18H18N4O2. The number of carbonyl (C=O) groups is 1. The van der Waals surface area contributed by atoms with Crippen molar-refractivity contribution in [3.63, 3.8) is 0 Å². The number of hydrogen-bond donors (Lipinski definition) is 0. The van der Waals surface area contributed by atoms with Gasteiger partial charge < -0.3 is 9.64 Å². The Hall–Kier alpha value is -2.89. The fourth-order valence-electron chi connectivity index (χ4n) is 3.10. The van der Waals surface area contributed by atoms with Crippen LogP contribution in [0.1, 0.15) is 12.5 Å². The molecule has 3 heterocycles. The Kier molecular flexibility index (Phi) is 3.09. The standard InChI is InChI=1S/C18H18N4O2/c1-10-5-14(12-8-19-21(3)9-12)20-15-7-17-16(6-13(10)15)22(4)18(23)11(2)24-17/h5-9,11H,1-4H3. The van der Waals surface area contributed by atoms with Crippen LogP contribution < -0.4 is 9.64 Å². The largest absolute Gasteiger partial charge is 0.479 e. The number of rotatable bonds is 1. The molecule has 0 N–H and O–H groups in total. The predicted octanol–water partition coefficient (Wildman–Crippen LogP) is 2.69. The summed E-state index contributed by atoms with van der Waals surface area (Å²) in [7, 11) is 3.66. The predicted molar refractivity (Wildman–Crippen MR) is 92.2 cm³/mol. The summed E-state index contributed by atoms with van der Waals surface area (Å²) in [4.78, 5) is 18.5. The maximum Gasteiger partial charge on any atom is 0.267 e. The van der Waals surface area contributed by atoms with Crippen molar-refractivity contribution < 1.29 is 9.53 Å². The second-order valence-electron chi connectivity index (χ2n) is 6.22. The van der Waals surface area contributed by atoms with E-state index >= 15 is 0 Å². The number of hydrogen-bond acceptors (Lipinski definition) is 4. The Morgan fingerprint density at radius 3 is 2.71 bits per heavy atom. The van der Waals surface area contributed by atoms with Gasteiger partial charge in [-0.05, 0) is 31.5 Å². The number of anilines is 1. The molecule has 0 saturated carbocycles. The fraction of sp³-hybridized carbons (Fsp3) is 0.278. The lowest BCUT2D eigenvalue weighted by atomic mass is 10.0. The Bertz CT molecular complexity index is 977. The highest BCUT2D eigenvalue weighted by Gasteiger charge is 2.29. The van der Waals surface area contributed by atoms with Crippen LogP contribution in [0.4, 0.5) is 5.69 Å². The van der Waals surface area contributed by atoms with Crippen LogP contribution in [-0.2, 0) is 11.8 Å². The summed E-state index contributed by atoms with van der Waals surface area (Å²) in [6.07, 6.45) is 3.26. The van der Waals surface area contributed by atoms with E-state index in [2.05, 4.69) is 5.10 Å². The number of likely N-dealkylation sites (N-methyl/N-ethyl adjacent to an activating group) is 1. The van der Waals surface area contributed by atoms with E-state index in [1.807, 2.05) is 38.4 Å². The molecule has 1 amide bonds. The molecule has 0 bridgehead atoms. The number of benzene rings is 1. The average Bonchev–Trinajstić information content (AvgIpc) is 2.98. The molecule has 1 unspecified atom stereocenters. The first-order chi connectivity index (χ1) is 11.4. The molecular weight excluding hydrogens is 304 g/mol. The third-order valence-electron chi connectivity index (χ3n) is 4.44. The summed E-state index contributed by atoms with van der Waals surface area (Å²) < 4.78 is 7.52. The number of nitrogens with zero attached hydrogens (tertiary/aromatic N) is 4. The zero-order valence-corrected chi connectivity index (χ0v) is 14.1. The first-order valence-corrected chi connectivity index (χ1v) is 7.82. The molecule has 0 fully saturated rings. The Labute approximate surface area is 139 Å². The quantitative estimate of drug-likeness (QED) is 0.691. The SMILES string of the molecule is Cc1cc(-c2cnn(C)c2)nc2cc3c(cc12)N(C)C(=O)C(C)O3. The average molecular weight is 322 g/mol. The summed E-state index contributed by atoms with van der Waals surface area (Å²) in [6, 6.07) is 5.93. The molecule has 1 atom stereocenters. The van der Waals surface area contributed by atoms with Crippen molar-refractivity contribution in [2.45, 2.75) is 20.0 Å². The summed E-state index contributed by atoms with van der Waals surface area (Å²) in [5.41, 5.74) is 4.58. The first-order valence-electron chi connectivity index (χ1n) is 7.82. The normalized spacial score (nSPS) is 17.1. The van der Waals surface area contributed by atoms with Crippen LogP contribution >= 0.6 is 0 Å².